The molecule has 0 aliphatic rings. The third kappa shape index (κ3) is 4.27. The van der Waals surface area contributed by atoms with Gasteiger partial charge in [-0.3, -0.25) is 9.78 Å². The number of amides is 1. The topological polar surface area (TPSA) is 93.8 Å². The molecule has 0 spiro atoms. The highest BCUT2D eigenvalue weighted by molar-refractivity contribution is 6.02. The first-order chi connectivity index (χ1) is 16.2. The maximum atomic E-state index is 11.7. The van der Waals surface area contributed by atoms with Gasteiger partial charge in [0.15, 0.2) is 5.82 Å². The van der Waals surface area contributed by atoms with Crippen molar-refractivity contribution in [1.82, 2.24) is 15.0 Å². The van der Waals surface area contributed by atoms with Crippen LogP contribution >= 0.6 is 0 Å². The van der Waals surface area contributed by atoms with E-state index in [1.807, 2.05) is 54.6 Å². The van der Waals surface area contributed by atoms with Crippen molar-refractivity contribution in [2.24, 2.45) is 5.73 Å². The van der Waals surface area contributed by atoms with Crippen LogP contribution in [0.15, 0.2) is 97.2 Å². The van der Waals surface area contributed by atoms with Gasteiger partial charge in [-0.05, 0) is 41.5 Å². The number of rotatable bonds is 6. The van der Waals surface area contributed by atoms with E-state index in [-0.39, 0.29) is 0 Å². The molecule has 2 aromatic heterocycles. The fraction of sp³-hybridized carbons (Fsp3) is 0.0370. The molecule has 0 bridgehead atoms. The van der Waals surface area contributed by atoms with E-state index in [0.29, 0.717) is 23.8 Å². The van der Waals surface area contributed by atoms with Crippen LogP contribution in [0.2, 0.25) is 0 Å². The minimum Gasteiger partial charge on any atom is -0.366 e. The number of benzene rings is 3. The van der Waals surface area contributed by atoms with Gasteiger partial charge >= 0.3 is 0 Å². The van der Waals surface area contributed by atoms with Crippen LogP contribution in [0.25, 0.3) is 33.4 Å². The molecule has 5 aromatic rings. The predicted molar refractivity (Wildman–Crippen MR) is 130 cm³/mol. The molecule has 33 heavy (non-hydrogen) atoms. The number of carbonyl (C=O) groups is 1. The van der Waals surface area contributed by atoms with Crippen molar-refractivity contribution < 1.29 is 4.79 Å². The monoisotopic (exact) mass is 431 g/mol. The highest BCUT2D eigenvalue weighted by Crippen LogP contribution is 2.34. The van der Waals surface area contributed by atoms with Gasteiger partial charge < -0.3 is 11.1 Å². The van der Waals surface area contributed by atoms with E-state index in [2.05, 4.69) is 28.5 Å². The molecule has 6 nitrogen and oxygen atoms in total. The average molecular weight is 431 g/mol. The number of pyridine rings is 1. The lowest BCUT2D eigenvalue weighted by molar-refractivity contribution is 0.100. The molecule has 0 atom stereocenters. The van der Waals surface area contributed by atoms with Crippen LogP contribution < -0.4 is 11.1 Å². The van der Waals surface area contributed by atoms with Crippen molar-refractivity contribution in [3.63, 3.8) is 0 Å². The lowest BCUT2D eigenvalue weighted by Crippen LogP contribution is -2.11. The van der Waals surface area contributed by atoms with E-state index in [4.69, 9.17) is 15.7 Å². The van der Waals surface area contributed by atoms with Crippen molar-refractivity contribution in [3.05, 3.63) is 108 Å². The van der Waals surface area contributed by atoms with Crippen LogP contribution in [-0.2, 0) is 6.54 Å². The number of fused-ring (bicyclic) bond motifs is 1. The Balaban J connectivity index is 1.68. The summed E-state index contributed by atoms with van der Waals surface area (Å²) >= 11 is 0. The molecule has 3 N–H and O–H groups in total. The lowest BCUT2D eigenvalue weighted by atomic mass is 10.0. The zero-order chi connectivity index (χ0) is 22.6. The minimum absolute atomic E-state index is 0.414. The normalized spacial score (nSPS) is 10.8. The number of aromatic nitrogens is 3. The number of anilines is 1. The van der Waals surface area contributed by atoms with Gasteiger partial charge in [-0.15, -0.1) is 0 Å². The number of nitrogens with one attached hydrogen (secondary N) is 1. The van der Waals surface area contributed by atoms with Gasteiger partial charge in [0, 0.05) is 17.3 Å². The Labute approximate surface area is 191 Å². The van der Waals surface area contributed by atoms with Crippen LogP contribution in [-0.4, -0.2) is 20.9 Å². The molecule has 0 radical (unpaired) electrons. The van der Waals surface area contributed by atoms with Crippen LogP contribution in [0.5, 0.6) is 0 Å². The van der Waals surface area contributed by atoms with Crippen LogP contribution in [0.1, 0.15) is 16.1 Å². The maximum Gasteiger partial charge on any atom is 0.248 e. The Hall–Kier alpha value is -4.58. The minimum atomic E-state index is -0.488. The third-order valence-electron chi connectivity index (χ3n) is 5.38. The second-order valence-electron chi connectivity index (χ2n) is 7.58. The highest BCUT2D eigenvalue weighted by Gasteiger charge is 2.15. The lowest BCUT2D eigenvalue weighted by Gasteiger charge is -2.14. The number of primary amides is 1. The molecule has 3 aromatic carbocycles. The Kier molecular flexibility index (Phi) is 5.47. The molecular formula is C27H21N5O. The van der Waals surface area contributed by atoms with Crippen molar-refractivity contribution in [3.8, 4) is 22.5 Å². The standard InChI is InChI=1S/C27H21N5O/c28-25(33)19-10-6-11-20(16-19)26-31-23-14-7-13-22(18-8-2-1-3-9-18)24(23)27(32-26)30-17-21-12-4-5-15-29-21/h1-16H,17H2,(H2,28,33)(H,30,31,32). The second kappa shape index (κ2) is 8.88. The summed E-state index contributed by atoms with van der Waals surface area (Å²) in [6, 6.07) is 29.1. The molecule has 2 heterocycles. The molecule has 1 amide bonds. The number of hydrogen-bond acceptors (Lipinski definition) is 5. The van der Waals surface area contributed by atoms with Crippen molar-refractivity contribution in [1.29, 1.82) is 0 Å². The van der Waals surface area contributed by atoms with Gasteiger partial charge in [0.25, 0.3) is 0 Å². The number of hydrogen-bond donors (Lipinski definition) is 2. The van der Waals surface area contributed by atoms with Crippen LogP contribution in [0.4, 0.5) is 5.82 Å². The second-order valence-corrected chi connectivity index (χ2v) is 7.58. The third-order valence-corrected chi connectivity index (χ3v) is 5.38. The summed E-state index contributed by atoms with van der Waals surface area (Å²) in [5.74, 6) is 0.724. The van der Waals surface area contributed by atoms with Crippen LogP contribution in [0, 0.1) is 0 Å². The molecule has 0 saturated carbocycles. The summed E-state index contributed by atoms with van der Waals surface area (Å²) < 4.78 is 0. The molecule has 0 unspecified atom stereocenters. The fourth-order valence-electron chi connectivity index (χ4n) is 3.79. The Morgan fingerprint density at radius 2 is 1.61 bits per heavy atom. The zero-order valence-corrected chi connectivity index (χ0v) is 17.8. The van der Waals surface area contributed by atoms with Gasteiger partial charge in [0.2, 0.25) is 5.91 Å². The number of nitrogens with two attached hydrogens (primary N) is 1. The molecule has 5 rings (SSSR count). The van der Waals surface area contributed by atoms with E-state index < -0.39 is 5.91 Å². The Morgan fingerprint density at radius 3 is 2.39 bits per heavy atom. The quantitative estimate of drug-likeness (QED) is 0.391. The molecular weight excluding hydrogens is 410 g/mol. The van der Waals surface area contributed by atoms with E-state index in [0.717, 1.165) is 33.3 Å². The first-order valence-electron chi connectivity index (χ1n) is 10.6. The summed E-state index contributed by atoms with van der Waals surface area (Å²) in [5.41, 5.74) is 10.4. The summed E-state index contributed by atoms with van der Waals surface area (Å²) in [6.07, 6.45) is 1.77. The van der Waals surface area contributed by atoms with Gasteiger partial charge in [-0.25, -0.2) is 9.97 Å². The molecule has 0 fully saturated rings. The summed E-state index contributed by atoms with van der Waals surface area (Å²) in [6.45, 7) is 0.511. The van der Waals surface area contributed by atoms with Gasteiger partial charge in [-0.2, -0.15) is 0 Å². The smallest absolute Gasteiger partial charge is 0.248 e. The van der Waals surface area contributed by atoms with E-state index in [9.17, 15) is 4.79 Å². The van der Waals surface area contributed by atoms with Crippen molar-refractivity contribution >= 4 is 22.6 Å². The molecule has 0 saturated heterocycles. The average Bonchev–Trinajstić information content (AvgIpc) is 2.88. The van der Waals surface area contributed by atoms with E-state index in [1.165, 1.54) is 0 Å². The largest absolute Gasteiger partial charge is 0.366 e. The number of carbonyl (C=O) groups excluding carboxylic acids is 1. The SMILES string of the molecule is NC(=O)c1cccc(-c2nc(NCc3ccccn3)c3c(-c4ccccc4)cccc3n2)c1. The Bertz CT molecular complexity index is 1440. The first kappa shape index (κ1) is 20.3. The van der Waals surface area contributed by atoms with Crippen molar-refractivity contribution in [2.45, 2.75) is 6.54 Å². The summed E-state index contributed by atoms with van der Waals surface area (Å²) in [4.78, 5) is 25.8. The van der Waals surface area contributed by atoms with E-state index >= 15 is 0 Å². The van der Waals surface area contributed by atoms with Gasteiger partial charge in [0.1, 0.15) is 5.82 Å². The zero-order valence-electron chi connectivity index (χ0n) is 17.8. The van der Waals surface area contributed by atoms with Gasteiger partial charge in [0.05, 0.1) is 23.1 Å². The molecule has 0 aliphatic heterocycles. The van der Waals surface area contributed by atoms with Crippen molar-refractivity contribution in [2.75, 3.05) is 5.32 Å². The summed E-state index contributed by atoms with van der Waals surface area (Å²) in [5, 5.41) is 4.38. The van der Waals surface area contributed by atoms with Gasteiger partial charge in [-0.1, -0.05) is 60.7 Å². The molecule has 160 valence electrons. The maximum absolute atomic E-state index is 11.7. The molecule has 0 aliphatic carbocycles. The van der Waals surface area contributed by atoms with E-state index in [1.54, 1.807) is 24.4 Å². The first-order valence-corrected chi connectivity index (χ1v) is 10.6. The fourth-order valence-corrected chi connectivity index (χ4v) is 3.79. The summed E-state index contributed by atoms with van der Waals surface area (Å²) in [7, 11) is 0. The Morgan fingerprint density at radius 1 is 0.818 bits per heavy atom. The molecule has 6 heteroatoms. The highest BCUT2D eigenvalue weighted by atomic mass is 16.1. The predicted octanol–water partition coefficient (Wildman–Crippen LogP) is 5.07. The number of nitrogens with zero attached hydrogens (tertiary/aromatic N) is 3. The van der Waals surface area contributed by atoms with Crippen LogP contribution in [0.3, 0.4) is 0 Å².